The summed E-state index contributed by atoms with van der Waals surface area (Å²) in [6, 6.07) is 11.4. The van der Waals surface area contributed by atoms with Gasteiger partial charge in [0.05, 0.1) is 4.47 Å². The van der Waals surface area contributed by atoms with Crippen LogP contribution in [0.15, 0.2) is 63.4 Å². The number of anilines is 1. The number of rotatable bonds is 5. The van der Waals surface area contributed by atoms with Crippen molar-refractivity contribution in [2.45, 2.75) is 58.3 Å². The van der Waals surface area contributed by atoms with E-state index in [1.165, 1.54) is 5.56 Å². The van der Waals surface area contributed by atoms with Crippen LogP contribution in [0, 0.1) is 13.8 Å². The summed E-state index contributed by atoms with van der Waals surface area (Å²) in [5.41, 5.74) is 7.51. The van der Waals surface area contributed by atoms with E-state index in [-0.39, 0.29) is 30.0 Å². The van der Waals surface area contributed by atoms with Crippen molar-refractivity contribution in [3.8, 4) is 5.75 Å². The highest BCUT2D eigenvalue weighted by molar-refractivity contribution is 9.10. The number of nitrogens with zero attached hydrogens (tertiary/aromatic N) is 1. The smallest absolute Gasteiger partial charge is 0.262 e. The van der Waals surface area contributed by atoms with Crippen LogP contribution in [-0.2, 0) is 14.4 Å². The Morgan fingerprint density at radius 1 is 0.946 bits per heavy atom. The molecule has 0 atom stereocenters. The minimum atomic E-state index is -0.361. The van der Waals surface area contributed by atoms with E-state index >= 15 is 0 Å². The number of carbonyl (C=O) groups is 3. The Bertz CT molecular complexity index is 1330. The number of allylic oxidation sites excluding steroid dienone is 4. The van der Waals surface area contributed by atoms with Gasteiger partial charge in [0.1, 0.15) is 5.75 Å². The van der Waals surface area contributed by atoms with Gasteiger partial charge in [0.2, 0.25) is 0 Å². The van der Waals surface area contributed by atoms with E-state index in [4.69, 9.17) is 4.74 Å². The lowest BCUT2D eigenvalue weighted by molar-refractivity contribution is -0.118. The summed E-state index contributed by atoms with van der Waals surface area (Å²) < 4.78 is 6.49. The summed E-state index contributed by atoms with van der Waals surface area (Å²) in [6.45, 7) is 3.89. The Balaban J connectivity index is 1.39. The third-order valence-corrected chi connectivity index (χ3v) is 8.30. The number of amides is 1. The molecule has 0 saturated heterocycles. The number of nitrogens with one attached hydrogen (secondary N) is 1. The first kappa shape index (κ1) is 25.5. The molecule has 192 valence electrons. The van der Waals surface area contributed by atoms with E-state index in [1.807, 2.05) is 57.3 Å². The largest absolute Gasteiger partial charge is 0.483 e. The van der Waals surface area contributed by atoms with Gasteiger partial charge in [-0.1, -0.05) is 12.1 Å². The maximum atomic E-state index is 13.2. The highest BCUT2D eigenvalue weighted by Crippen LogP contribution is 2.49. The van der Waals surface area contributed by atoms with Crippen LogP contribution in [0.5, 0.6) is 5.75 Å². The highest BCUT2D eigenvalue weighted by Gasteiger charge is 2.42. The fourth-order valence-corrected chi connectivity index (χ4v) is 6.17. The van der Waals surface area contributed by atoms with Gasteiger partial charge < -0.3 is 15.0 Å². The Labute approximate surface area is 225 Å². The molecule has 1 N–H and O–H groups in total. The molecule has 0 saturated carbocycles. The summed E-state index contributed by atoms with van der Waals surface area (Å²) >= 11 is 3.60. The molecule has 1 aliphatic heterocycles. The van der Waals surface area contributed by atoms with Gasteiger partial charge in [0, 0.05) is 54.0 Å². The van der Waals surface area contributed by atoms with Crippen molar-refractivity contribution < 1.29 is 19.1 Å². The molecular weight excluding hydrogens is 532 g/mol. The molecule has 2 aromatic carbocycles. The average molecular weight is 563 g/mol. The van der Waals surface area contributed by atoms with E-state index in [0.717, 1.165) is 65.0 Å². The minimum absolute atomic E-state index is 0.127. The van der Waals surface area contributed by atoms with Crippen LogP contribution in [0.3, 0.4) is 0 Å². The van der Waals surface area contributed by atoms with Gasteiger partial charge in [-0.3, -0.25) is 14.4 Å². The number of ether oxygens (including phenoxy) is 1. The van der Waals surface area contributed by atoms with Gasteiger partial charge in [-0.05, 0) is 96.4 Å². The molecule has 1 amide bonds. The quantitative estimate of drug-likeness (QED) is 0.474. The lowest BCUT2D eigenvalue weighted by atomic mass is 9.71. The van der Waals surface area contributed by atoms with E-state index in [1.54, 1.807) is 0 Å². The van der Waals surface area contributed by atoms with Crippen LogP contribution >= 0.6 is 15.9 Å². The molecule has 2 aromatic rings. The molecule has 3 aliphatic rings. The molecular formula is C30H31BrN2O4. The normalized spacial score (nSPS) is 18.1. The number of benzene rings is 2. The van der Waals surface area contributed by atoms with Crippen molar-refractivity contribution in [2.24, 2.45) is 0 Å². The molecule has 0 bridgehead atoms. The zero-order valence-electron chi connectivity index (χ0n) is 21.4. The van der Waals surface area contributed by atoms with Gasteiger partial charge >= 0.3 is 0 Å². The first-order valence-corrected chi connectivity index (χ1v) is 13.6. The lowest BCUT2D eigenvalue weighted by Crippen LogP contribution is -2.37. The van der Waals surface area contributed by atoms with Crippen molar-refractivity contribution in [2.75, 3.05) is 19.0 Å². The second kappa shape index (κ2) is 10.3. The van der Waals surface area contributed by atoms with Crippen LogP contribution in [0.4, 0.5) is 5.69 Å². The molecule has 7 heteroatoms. The van der Waals surface area contributed by atoms with Crippen molar-refractivity contribution in [1.29, 1.82) is 0 Å². The zero-order chi connectivity index (χ0) is 26.3. The third-order valence-electron chi connectivity index (χ3n) is 7.68. The fourth-order valence-electron chi connectivity index (χ4n) is 5.66. The van der Waals surface area contributed by atoms with Crippen molar-refractivity contribution >= 4 is 39.1 Å². The summed E-state index contributed by atoms with van der Waals surface area (Å²) in [5, 5.41) is 2.87. The topological polar surface area (TPSA) is 75.7 Å². The Kier molecular flexibility index (Phi) is 7.08. The molecule has 37 heavy (non-hydrogen) atoms. The highest BCUT2D eigenvalue weighted by atomic mass is 79.9. The van der Waals surface area contributed by atoms with Crippen LogP contribution in [0.2, 0.25) is 0 Å². The summed E-state index contributed by atoms with van der Waals surface area (Å²) in [7, 11) is 1.99. The molecule has 0 radical (unpaired) electrons. The molecule has 0 spiro atoms. The summed E-state index contributed by atoms with van der Waals surface area (Å²) in [5.74, 6) is 0.171. The summed E-state index contributed by atoms with van der Waals surface area (Å²) in [4.78, 5) is 40.9. The fraction of sp³-hybridized carbons (Fsp3) is 0.367. The maximum absolute atomic E-state index is 13.2. The Hall–Kier alpha value is -3.19. The average Bonchev–Trinajstić information content (AvgIpc) is 2.87. The van der Waals surface area contributed by atoms with Crippen LogP contribution < -0.4 is 10.1 Å². The molecule has 0 aromatic heterocycles. The zero-order valence-corrected chi connectivity index (χ0v) is 23.0. The first-order valence-electron chi connectivity index (χ1n) is 12.8. The third kappa shape index (κ3) is 4.89. The number of hydrogen-bond acceptors (Lipinski definition) is 5. The van der Waals surface area contributed by atoms with E-state index < -0.39 is 0 Å². The van der Waals surface area contributed by atoms with Gasteiger partial charge in [0.25, 0.3) is 5.91 Å². The molecule has 1 heterocycles. The second-order valence-corrected chi connectivity index (χ2v) is 10.9. The monoisotopic (exact) mass is 562 g/mol. The molecule has 0 unspecified atom stereocenters. The van der Waals surface area contributed by atoms with Crippen molar-refractivity contribution in [1.82, 2.24) is 4.90 Å². The van der Waals surface area contributed by atoms with Gasteiger partial charge in [-0.2, -0.15) is 0 Å². The summed E-state index contributed by atoms with van der Waals surface area (Å²) in [6.07, 6.45) is 4.39. The Morgan fingerprint density at radius 3 is 2.19 bits per heavy atom. The predicted molar refractivity (Wildman–Crippen MR) is 146 cm³/mol. The number of hydrogen-bond donors (Lipinski definition) is 1. The number of ketones is 2. The maximum Gasteiger partial charge on any atom is 0.262 e. The second-order valence-electron chi connectivity index (χ2n) is 10.1. The number of carbonyl (C=O) groups excluding carboxylic acids is 3. The molecule has 6 nitrogen and oxygen atoms in total. The number of Topliss-reactive ketones (excluding diaryl/α,β-unsaturated/α-hetero) is 2. The van der Waals surface area contributed by atoms with Gasteiger partial charge in [-0.25, -0.2) is 0 Å². The molecule has 5 rings (SSSR count). The lowest BCUT2D eigenvalue weighted by Gasteiger charge is -2.42. The van der Waals surface area contributed by atoms with Crippen molar-refractivity contribution in [3.63, 3.8) is 0 Å². The SMILES string of the molecule is Cc1ccc(NC(=O)COc2ccc(C3C4=C(CCCC4=O)N(C)C4=C3C(=O)CCC4)cc2Br)cc1C. The molecule has 0 fully saturated rings. The van der Waals surface area contributed by atoms with Crippen LogP contribution in [0.1, 0.15) is 61.1 Å². The van der Waals surface area contributed by atoms with Gasteiger partial charge in [-0.15, -0.1) is 0 Å². The Morgan fingerprint density at radius 2 is 1.59 bits per heavy atom. The number of aryl methyl sites for hydroxylation is 2. The van der Waals surface area contributed by atoms with E-state index in [2.05, 4.69) is 26.1 Å². The van der Waals surface area contributed by atoms with Gasteiger partial charge in [0.15, 0.2) is 18.2 Å². The molecule has 2 aliphatic carbocycles. The van der Waals surface area contributed by atoms with Crippen molar-refractivity contribution in [3.05, 3.63) is 80.1 Å². The number of halogens is 1. The van der Waals surface area contributed by atoms with E-state index in [9.17, 15) is 14.4 Å². The predicted octanol–water partition coefficient (Wildman–Crippen LogP) is 6.13. The standard InChI is InChI=1S/C30H31BrN2O4/c1-17-10-12-20(14-18(17)2)32-27(36)16-37-26-13-11-19(15-21(26)31)28-29-22(6-4-8-24(29)34)33(3)23-7-5-9-25(35)30(23)28/h10-15,28H,4-9,16H2,1-3H3,(H,32,36). The minimum Gasteiger partial charge on any atom is -0.483 e. The van der Waals surface area contributed by atoms with Crippen LogP contribution in [0.25, 0.3) is 0 Å². The van der Waals surface area contributed by atoms with Crippen LogP contribution in [-0.4, -0.2) is 36.0 Å². The first-order chi connectivity index (χ1) is 17.7. The van der Waals surface area contributed by atoms with E-state index in [0.29, 0.717) is 23.1 Å².